The van der Waals surface area contributed by atoms with E-state index in [2.05, 4.69) is 16.6 Å². The molecule has 0 aliphatic carbocycles. The van der Waals surface area contributed by atoms with Crippen LogP contribution in [-0.2, 0) is 27.7 Å². The summed E-state index contributed by atoms with van der Waals surface area (Å²) in [4.78, 5) is 29.0. The van der Waals surface area contributed by atoms with Crippen molar-refractivity contribution in [3.8, 4) is 5.75 Å². The summed E-state index contributed by atoms with van der Waals surface area (Å²) in [7, 11) is -4.09. The highest BCUT2D eigenvalue weighted by Gasteiger charge is 2.29. The number of H-pyrrole nitrogens is 1. The van der Waals surface area contributed by atoms with Crippen LogP contribution in [0.2, 0.25) is 5.02 Å². The molecule has 1 atom stereocenters. The van der Waals surface area contributed by atoms with Crippen molar-refractivity contribution >= 4 is 49.5 Å². The molecule has 0 saturated carbocycles. The van der Waals surface area contributed by atoms with E-state index >= 15 is 0 Å². The number of sulfonamides is 1. The third kappa shape index (κ3) is 6.37. The molecular formula is C31H29ClN2O6S. The Morgan fingerprint density at radius 2 is 1.80 bits per heavy atom. The van der Waals surface area contributed by atoms with E-state index in [0.717, 1.165) is 40.4 Å². The largest absolute Gasteiger partial charge is 0.424 e. The van der Waals surface area contributed by atoms with Gasteiger partial charge in [-0.15, -0.1) is 0 Å². The summed E-state index contributed by atoms with van der Waals surface area (Å²) in [5, 5.41) is 1.63. The van der Waals surface area contributed by atoms with Gasteiger partial charge in [-0.1, -0.05) is 60.8 Å². The van der Waals surface area contributed by atoms with Crippen molar-refractivity contribution in [3.63, 3.8) is 0 Å². The molecule has 0 amide bonds. The number of ether oxygens (including phenoxy) is 1. The van der Waals surface area contributed by atoms with Crippen molar-refractivity contribution in [2.24, 2.45) is 0 Å². The van der Waals surface area contributed by atoms with Gasteiger partial charge >= 0.3 is 11.6 Å². The number of carbonyl (C=O) groups excluding carboxylic acids is 1. The molecule has 3 aromatic carbocycles. The minimum Gasteiger partial charge on any atom is -0.424 e. The number of nitrogens with one attached hydrogen (secondary N) is 2. The number of hydrogen-bond acceptors (Lipinski definition) is 6. The van der Waals surface area contributed by atoms with Gasteiger partial charge in [-0.3, -0.25) is 0 Å². The molecule has 0 bridgehead atoms. The summed E-state index contributed by atoms with van der Waals surface area (Å²) in [6.45, 7) is 3.90. The van der Waals surface area contributed by atoms with Crippen LogP contribution in [0.4, 0.5) is 0 Å². The smallest absolute Gasteiger partial charge is 0.336 e. The van der Waals surface area contributed by atoms with Gasteiger partial charge in [0, 0.05) is 41.0 Å². The van der Waals surface area contributed by atoms with Gasteiger partial charge in [0.05, 0.1) is 9.92 Å². The van der Waals surface area contributed by atoms with Crippen molar-refractivity contribution in [1.82, 2.24) is 9.71 Å². The topological polar surface area (TPSA) is 118 Å². The molecule has 0 spiro atoms. The zero-order valence-electron chi connectivity index (χ0n) is 22.6. The maximum atomic E-state index is 13.6. The fourth-order valence-corrected chi connectivity index (χ4v) is 6.11. The summed E-state index contributed by atoms with van der Waals surface area (Å²) in [6.07, 6.45) is 4.24. The lowest BCUT2D eigenvalue weighted by atomic mass is 10.0. The number of aromatic nitrogens is 1. The lowest BCUT2D eigenvalue weighted by Crippen LogP contribution is -2.44. The number of benzene rings is 3. The molecule has 5 aromatic rings. The van der Waals surface area contributed by atoms with Crippen LogP contribution in [0.5, 0.6) is 5.75 Å². The average molecular weight is 593 g/mol. The number of aromatic amines is 1. The zero-order valence-corrected chi connectivity index (χ0v) is 24.1. The van der Waals surface area contributed by atoms with E-state index in [-0.39, 0.29) is 27.7 Å². The Bertz CT molecular complexity index is 1890. The number of unbranched alkanes of at least 4 members (excludes halogenated alkanes) is 1. The number of rotatable bonds is 10. The molecular weight excluding hydrogens is 564 g/mol. The first-order valence-electron chi connectivity index (χ1n) is 13.3. The molecule has 2 N–H and O–H groups in total. The number of halogens is 1. The number of fused-ring (bicyclic) bond motifs is 2. The van der Waals surface area contributed by atoms with Crippen LogP contribution in [0.3, 0.4) is 0 Å². The Labute approximate surface area is 242 Å². The van der Waals surface area contributed by atoms with Gasteiger partial charge in [-0.25, -0.2) is 18.0 Å². The summed E-state index contributed by atoms with van der Waals surface area (Å²) in [5.74, 6) is -0.907. The van der Waals surface area contributed by atoms with Crippen LogP contribution in [0.1, 0.15) is 36.5 Å². The van der Waals surface area contributed by atoms with Crippen molar-refractivity contribution in [2.45, 2.75) is 50.5 Å². The van der Waals surface area contributed by atoms with Crippen molar-refractivity contribution < 1.29 is 22.4 Å². The summed E-state index contributed by atoms with van der Waals surface area (Å²) in [5.41, 5.74) is 2.97. The van der Waals surface area contributed by atoms with Gasteiger partial charge in [-0.05, 0) is 55.2 Å². The molecule has 212 valence electrons. The standard InChI is InChI=1S/C31H29ClN2O6S/c1-3-4-7-20-15-30(35)39-28-17-29(25(32)16-24(20)28)40-31(36)27(14-21-18-33-26-9-6-5-8-23(21)26)34-41(37,38)22-12-10-19(2)11-13-22/h5-6,8-13,15-18,27,33-34H,3-4,7,14H2,1-2H3. The van der Waals surface area contributed by atoms with Crippen molar-refractivity contribution in [2.75, 3.05) is 0 Å². The van der Waals surface area contributed by atoms with Gasteiger partial charge in [0.25, 0.3) is 0 Å². The second kappa shape index (κ2) is 11.9. The predicted molar refractivity (Wildman–Crippen MR) is 159 cm³/mol. The maximum Gasteiger partial charge on any atom is 0.336 e. The van der Waals surface area contributed by atoms with E-state index in [1.165, 1.54) is 24.3 Å². The molecule has 0 saturated heterocycles. The third-order valence-corrected chi connectivity index (χ3v) is 8.69. The van der Waals surface area contributed by atoms with Crippen LogP contribution in [0, 0.1) is 6.92 Å². The Hall–Kier alpha value is -3.92. The molecule has 0 aliphatic rings. The molecule has 41 heavy (non-hydrogen) atoms. The Morgan fingerprint density at radius 3 is 2.56 bits per heavy atom. The van der Waals surface area contributed by atoms with Crippen LogP contribution < -0.4 is 15.1 Å². The van der Waals surface area contributed by atoms with Gasteiger partial charge in [0.2, 0.25) is 10.0 Å². The van der Waals surface area contributed by atoms with Crippen LogP contribution in [0.15, 0.2) is 87.0 Å². The Kier molecular flexibility index (Phi) is 8.30. The Balaban J connectivity index is 1.49. The van der Waals surface area contributed by atoms with Gasteiger partial charge < -0.3 is 14.1 Å². The SMILES string of the molecule is CCCCc1cc(=O)oc2cc(OC(=O)C(Cc3c[nH]c4ccccc34)NS(=O)(=O)c3ccc(C)cc3)c(Cl)cc12. The second-order valence-corrected chi connectivity index (χ2v) is 12.1. The maximum absolute atomic E-state index is 13.6. The molecule has 8 nitrogen and oxygen atoms in total. The number of para-hydroxylation sites is 1. The summed E-state index contributed by atoms with van der Waals surface area (Å²) in [6, 6.07) is 17.0. The molecule has 0 fully saturated rings. The highest BCUT2D eigenvalue weighted by Crippen LogP contribution is 2.32. The minimum absolute atomic E-state index is 0.00931. The lowest BCUT2D eigenvalue weighted by Gasteiger charge is -2.18. The monoisotopic (exact) mass is 592 g/mol. The van der Waals surface area contributed by atoms with Crippen LogP contribution in [-0.4, -0.2) is 25.4 Å². The highest BCUT2D eigenvalue weighted by atomic mass is 35.5. The lowest BCUT2D eigenvalue weighted by molar-refractivity contribution is -0.136. The van der Waals surface area contributed by atoms with Crippen molar-refractivity contribution in [1.29, 1.82) is 0 Å². The van der Waals surface area contributed by atoms with Gasteiger partial charge in [0.1, 0.15) is 11.6 Å². The van der Waals surface area contributed by atoms with Gasteiger partial charge in [0.15, 0.2) is 5.75 Å². The van der Waals surface area contributed by atoms with Crippen LogP contribution >= 0.6 is 11.6 Å². The number of aryl methyl sites for hydroxylation is 2. The van der Waals surface area contributed by atoms with E-state index in [1.54, 1.807) is 24.4 Å². The van der Waals surface area contributed by atoms with Crippen molar-refractivity contribution in [3.05, 3.63) is 105 Å². The first-order chi connectivity index (χ1) is 19.6. The molecule has 5 rings (SSSR count). The molecule has 1 unspecified atom stereocenters. The first-order valence-corrected chi connectivity index (χ1v) is 15.1. The van der Waals surface area contributed by atoms with E-state index < -0.39 is 27.7 Å². The minimum atomic E-state index is -4.09. The fourth-order valence-electron chi connectivity index (χ4n) is 4.73. The highest BCUT2D eigenvalue weighted by molar-refractivity contribution is 7.89. The van der Waals surface area contributed by atoms with Gasteiger partial charge in [-0.2, -0.15) is 4.72 Å². The average Bonchev–Trinajstić information content (AvgIpc) is 3.35. The molecule has 10 heteroatoms. The van der Waals surface area contributed by atoms with E-state index in [4.69, 9.17) is 20.8 Å². The summed E-state index contributed by atoms with van der Waals surface area (Å²) >= 11 is 6.52. The van der Waals surface area contributed by atoms with E-state index in [1.807, 2.05) is 31.2 Å². The van der Waals surface area contributed by atoms with Crippen LogP contribution in [0.25, 0.3) is 21.9 Å². The van der Waals surface area contributed by atoms with E-state index in [0.29, 0.717) is 11.8 Å². The number of carbonyl (C=O) groups is 1. The molecule has 2 aromatic heterocycles. The molecule has 0 aliphatic heterocycles. The fraction of sp³-hybridized carbons (Fsp3) is 0.226. The first kappa shape index (κ1) is 28.6. The summed E-state index contributed by atoms with van der Waals surface area (Å²) < 4.78 is 40.2. The predicted octanol–water partition coefficient (Wildman–Crippen LogP) is 6.07. The number of esters is 1. The normalized spacial score (nSPS) is 12.6. The number of hydrogen-bond donors (Lipinski definition) is 2. The Morgan fingerprint density at radius 1 is 1.05 bits per heavy atom. The zero-order chi connectivity index (χ0) is 29.1. The molecule has 0 radical (unpaired) electrons. The van der Waals surface area contributed by atoms with E-state index in [9.17, 15) is 18.0 Å². The third-order valence-electron chi connectivity index (χ3n) is 6.91. The second-order valence-electron chi connectivity index (χ2n) is 9.94. The quantitative estimate of drug-likeness (QED) is 0.115. The molecule has 2 heterocycles.